The van der Waals surface area contributed by atoms with Crippen molar-refractivity contribution < 1.29 is 23.5 Å². The van der Waals surface area contributed by atoms with Gasteiger partial charge in [-0.1, -0.05) is 13.3 Å². The van der Waals surface area contributed by atoms with Crippen LogP contribution in [-0.4, -0.2) is 57.8 Å². The largest absolute Gasteiger partial charge is 0.493 e. The summed E-state index contributed by atoms with van der Waals surface area (Å²) in [6.45, 7) is 7.26. The quantitative estimate of drug-likeness (QED) is 0.442. The van der Waals surface area contributed by atoms with Gasteiger partial charge in [-0.15, -0.1) is 10.2 Å². The second-order valence-corrected chi connectivity index (χ2v) is 9.50. The fraction of sp³-hybridized carbons (Fsp3) is 0.423. The monoisotopic (exact) mass is 512 g/mol. The number of carbonyl (C=O) groups excluding carboxylic acids is 2. The molecule has 0 aliphatic rings. The number of halogens is 1. The summed E-state index contributed by atoms with van der Waals surface area (Å²) < 4.78 is 24.3. The van der Waals surface area contributed by atoms with Gasteiger partial charge in [0.25, 0.3) is 5.91 Å². The Balaban J connectivity index is 1.92. The molecule has 11 heteroatoms. The third-order valence-corrected chi connectivity index (χ3v) is 5.42. The molecule has 0 fully saturated rings. The fourth-order valence-electron chi connectivity index (χ4n) is 3.80. The van der Waals surface area contributed by atoms with E-state index < -0.39 is 23.3 Å². The van der Waals surface area contributed by atoms with Crippen LogP contribution in [0.4, 0.5) is 10.1 Å². The Kier molecular flexibility index (Phi) is 8.80. The van der Waals surface area contributed by atoms with Gasteiger partial charge < -0.3 is 14.8 Å². The number of benzene rings is 2. The van der Waals surface area contributed by atoms with Crippen LogP contribution in [0.3, 0.4) is 0 Å². The van der Waals surface area contributed by atoms with Crippen LogP contribution < -0.4 is 19.7 Å². The molecule has 1 aromatic heterocycles. The van der Waals surface area contributed by atoms with Crippen molar-refractivity contribution in [1.29, 1.82) is 0 Å². The van der Waals surface area contributed by atoms with Crippen LogP contribution in [0.25, 0.3) is 11.4 Å². The van der Waals surface area contributed by atoms with E-state index in [1.165, 1.54) is 43.4 Å². The number of nitrogens with one attached hydrogen (secondary N) is 1. The van der Waals surface area contributed by atoms with Gasteiger partial charge in [0.15, 0.2) is 11.5 Å². The number of tetrazole rings is 1. The number of nitrogens with zero attached hydrogens (tertiary/aromatic N) is 5. The molecule has 0 spiro atoms. The van der Waals surface area contributed by atoms with Crippen LogP contribution >= 0.6 is 0 Å². The topological polar surface area (TPSA) is 111 Å². The van der Waals surface area contributed by atoms with Gasteiger partial charge >= 0.3 is 0 Å². The molecular formula is C26H33FN6O4. The lowest BCUT2D eigenvalue weighted by molar-refractivity contribution is -0.128. The molecule has 1 heterocycles. The number of hydrogen-bond donors (Lipinski definition) is 1. The van der Waals surface area contributed by atoms with Crippen molar-refractivity contribution in [3.8, 4) is 22.9 Å². The summed E-state index contributed by atoms with van der Waals surface area (Å²) in [4.78, 5) is 29.4. The number of amides is 2. The summed E-state index contributed by atoms with van der Waals surface area (Å²) in [6, 6.07) is 9.83. The molecule has 2 amide bonds. The molecule has 10 nitrogen and oxygen atoms in total. The normalized spacial score (nSPS) is 12.1. The summed E-state index contributed by atoms with van der Waals surface area (Å²) >= 11 is 0. The third-order valence-electron chi connectivity index (χ3n) is 5.42. The molecule has 0 saturated heterocycles. The predicted octanol–water partition coefficient (Wildman–Crippen LogP) is 3.61. The Morgan fingerprint density at radius 3 is 2.35 bits per heavy atom. The minimum absolute atomic E-state index is 0.277. The Morgan fingerprint density at radius 2 is 1.76 bits per heavy atom. The van der Waals surface area contributed by atoms with E-state index in [2.05, 4.69) is 20.7 Å². The number of carbonyl (C=O) groups is 2. The van der Waals surface area contributed by atoms with E-state index in [0.29, 0.717) is 35.6 Å². The van der Waals surface area contributed by atoms with Crippen LogP contribution in [0.5, 0.6) is 11.5 Å². The zero-order valence-electron chi connectivity index (χ0n) is 22.0. The Bertz CT molecular complexity index is 1220. The molecule has 0 aliphatic carbocycles. The molecule has 198 valence electrons. The van der Waals surface area contributed by atoms with Gasteiger partial charge in [0.05, 0.1) is 14.2 Å². The smallest absolute Gasteiger partial charge is 0.251 e. The minimum Gasteiger partial charge on any atom is -0.493 e. The number of methoxy groups -OCH3 is 2. The fourth-order valence-corrected chi connectivity index (χ4v) is 3.80. The molecule has 0 unspecified atom stereocenters. The number of rotatable bonds is 10. The van der Waals surface area contributed by atoms with E-state index in [0.717, 1.165) is 4.80 Å². The maximum atomic E-state index is 13.7. The summed E-state index contributed by atoms with van der Waals surface area (Å²) in [6.07, 6.45) is 1.06. The Hall–Kier alpha value is -4.02. The molecule has 0 bridgehead atoms. The van der Waals surface area contributed by atoms with Crippen molar-refractivity contribution in [1.82, 2.24) is 25.5 Å². The van der Waals surface area contributed by atoms with Gasteiger partial charge in [-0.3, -0.25) is 14.5 Å². The number of aromatic nitrogens is 4. The predicted molar refractivity (Wildman–Crippen MR) is 137 cm³/mol. The van der Waals surface area contributed by atoms with E-state index in [1.54, 1.807) is 18.2 Å². The maximum absolute atomic E-state index is 13.7. The molecule has 37 heavy (non-hydrogen) atoms. The van der Waals surface area contributed by atoms with E-state index in [9.17, 15) is 14.0 Å². The molecule has 1 N–H and O–H groups in total. The summed E-state index contributed by atoms with van der Waals surface area (Å²) in [5.41, 5.74) is 0.525. The summed E-state index contributed by atoms with van der Waals surface area (Å²) in [5.74, 6) is 0.161. The number of hydrogen-bond acceptors (Lipinski definition) is 7. The van der Waals surface area contributed by atoms with Crippen molar-refractivity contribution in [2.75, 3.05) is 19.1 Å². The van der Waals surface area contributed by atoms with Crippen molar-refractivity contribution >= 4 is 17.5 Å². The average Bonchev–Trinajstić information content (AvgIpc) is 3.31. The van der Waals surface area contributed by atoms with Crippen LogP contribution in [-0.2, 0) is 16.1 Å². The second kappa shape index (κ2) is 11.8. The van der Waals surface area contributed by atoms with Crippen LogP contribution in [0.15, 0.2) is 42.5 Å². The van der Waals surface area contributed by atoms with Crippen molar-refractivity contribution in [3.63, 3.8) is 0 Å². The zero-order chi connectivity index (χ0) is 27.2. The molecular weight excluding hydrogens is 479 g/mol. The van der Waals surface area contributed by atoms with Gasteiger partial charge in [-0.25, -0.2) is 4.39 Å². The van der Waals surface area contributed by atoms with E-state index in [4.69, 9.17) is 9.47 Å². The molecule has 3 aromatic rings. The first kappa shape index (κ1) is 27.6. The molecule has 1 atom stereocenters. The number of anilines is 1. The molecule has 3 rings (SSSR count). The summed E-state index contributed by atoms with van der Waals surface area (Å²) in [5, 5.41) is 15.4. The van der Waals surface area contributed by atoms with Gasteiger partial charge in [-0.05, 0) is 74.9 Å². The highest BCUT2D eigenvalue weighted by Crippen LogP contribution is 2.30. The Labute approximate surface area is 215 Å². The van der Waals surface area contributed by atoms with E-state index >= 15 is 0 Å². The lowest BCUT2D eigenvalue weighted by atomic mass is 10.0. The lowest BCUT2D eigenvalue weighted by Gasteiger charge is -2.33. The Morgan fingerprint density at radius 1 is 1.08 bits per heavy atom. The molecule has 0 radical (unpaired) electrons. The van der Waals surface area contributed by atoms with Crippen LogP contribution in [0, 0.1) is 5.82 Å². The zero-order valence-corrected chi connectivity index (χ0v) is 22.0. The maximum Gasteiger partial charge on any atom is 0.251 e. The van der Waals surface area contributed by atoms with Crippen molar-refractivity contribution in [2.24, 2.45) is 0 Å². The summed E-state index contributed by atoms with van der Waals surface area (Å²) in [7, 11) is 3.06. The van der Waals surface area contributed by atoms with Crippen LogP contribution in [0.2, 0.25) is 0 Å². The first-order chi connectivity index (χ1) is 17.6. The van der Waals surface area contributed by atoms with E-state index in [1.807, 2.05) is 27.7 Å². The van der Waals surface area contributed by atoms with Crippen molar-refractivity contribution in [3.05, 3.63) is 48.3 Å². The van der Waals surface area contributed by atoms with Gasteiger partial charge in [0, 0.05) is 16.8 Å². The van der Waals surface area contributed by atoms with Gasteiger partial charge in [0.1, 0.15) is 18.4 Å². The minimum atomic E-state index is -0.809. The molecule has 0 aliphatic heterocycles. The number of ether oxygens (including phenoxy) is 2. The van der Waals surface area contributed by atoms with Gasteiger partial charge in [-0.2, -0.15) is 4.80 Å². The third kappa shape index (κ3) is 7.02. The highest BCUT2D eigenvalue weighted by atomic mass is 19.1. The first-order valence-electron chi connectivity index (χ1n) is 12.0. The highest BCUT2D eigenvalue weighted by molar-refractivity contribution is 6.00. The highest BCUT2D eigenvalue weighted by Gasteiger charge is 2.33. The standard InChI is InChI=1S/C26H33FN6O4/c1-7-8-20(25(35)28-26(2,3)4)33(19-12-10-18(27)11-13-19)23(34)16-32-30-24(29-31-32)17-9-14-21(36-5)22(15-17)37-6/h9-15,20H,7-8,16H2,1-6H3,(H,28,35)/t20-/m0/s1. The van der Waals surface area contributed by atoms with E-state index in [-0.39, 0.29) is 18.3 Å². The first-order valence-corrected chi connectivity index (χ1v) is 12.0. The molecule has 2 aromatic carbocycles. The second-order valence-electron chi connectivity index (χ2n) is 9.50. The van der Waals surface area contributed by atoms with Crippen molar-refractivity contribution in [2.45, 2.75) is 58.7 Å². The van der Waals surface area contributed by atoms with Gasteiger partial charge in [0.2, 0.25) is 11.7 Å². The van der Waals surface area contributed by atoms with Crippen LogP contribution in [0.1, 0.15) is 40.5 Å². The molecule has 0 saturated carbocycles. The SMILES string of the molecule is CCC[C@@H](C(=O)NC(C)(C)C)N(C(=O)Cn1nnc(-c2ccc(OC)c(OC)c2)n1)c1ccc(F)cc1. The average molecular weight is 513 g/mol. The lowest BCUT2D eigenvalue weighted by Crippen LogP contribution is -2.54.